The molecule has 3 aliphatic rings. The summed E-state index contributed by atoms with van der Waals surface area (Å²) < 4.78 is 5.36. The molecule has 28 heavy (non-hydrogen) atoms. The lowest BCUT2D eigenvalue weighted by Crippen LogP contribution is -2.34. The number of likely N-dealkylation sites (tertiary alicyclic amines) is 1. The van der Waals surface area contributed by atoms with Gasteiger partial charge in [-0.25, -0.2) is 0 Å². The van der Waals surface area contributed by atoms with Gasteiger partial charge in [0.05, 0.1) is 18.6 Å². The van der Waals surface area contributed by atoms with Gasteiger partial charge in [-0.2, -0.15) is 0 Å². The van der Waals surface area contributed by atoms with Crippen molar-refractivity contribution >= 4 is 17.6 Å². The molecule has 1 aromatic carbocycles. The molecule has 2 heterocycles. The fourth-order valence-electron chi connectivity index (χ4n) is 5.03. The molecule has 2 unspecified atom stereocenters. The number of nitrogens with zero attached hydrogens (tertiary/aromatic N) is 1. The van der Waals surface area contributed by atoms with Crippen LogP contribution in [0.5, 0.6) is 0 Å². The summed E-state index contributed by atoms with van der Waals surface area (Å²) in [6.45, 7) is 7.10. The Morgan fingerprint density at radius 2 is 1.89 bits per heavy atom. The zero-order valence-electron chi connectivity index (χ0n) is 16.5. The third-order valence-corrected chi connectivity index (χ3v) is 6.53. The van der Waals surface area contributed by atoms with E-state index in [1.165, 1.54) is 25.7 Å². The number of cyclic esters (lactones) is 1. The first kappa shape index (κ1) is 19.2. The van der Waals surface area contributed by atoms with Crippen LogP contribution in [0.15, 0.2) is 36.4 Å². The number of esters is 1. The highest BCUT2D eigenvalue weighted by atomic mass is 16.5. The molecule has 2 aliphatic heterocycles. The molecule has 5 nitrogen and oxygen atoms in total. The number of benzene rings is 1. The zero-order chi connectivity index (χ0) is 19.6. The van der Waals surface area contributed by atoms with Crippen molar-refractivity contribution in [3.8, 4) is 0 Å². The number of hydrogen-bond acceptors (Lipinski definition) is 4. The van der Waals surface area contributed by atoms with E-state index in [1.807, 2.05) is 24.3 Å². The molecule has 4 rings (SSSR count). The highest BCUT2D eigenvalue weighted by Gasteiger charge is 2.55. The molecule has 1 N–H and O–H groups in total. The van der Waals surface area contributed by atoms with E-state index in [4.69, 9.17) is 4.74 Å². The minimum absolute atomic E-state index is 0.0415. The predicted octanol–water partition coefficient (Wildman–Crippen LogP) is 3.55. The molecule has 150 valence electrons. The van der Waals surface area contributed by atoms with Crippen LogP contribution >= 0.6 is 0 Å². The van der Waals surface area contributed by atoms with E-state index in [0.29, 0.717) is 19.6 Å². The smallest absolute Gasteiger partial charge is 0.313 e. The van der Waals surface area contributed by atoms with Crippen LogP contribution < -0.4 is 5.32 Å². The number of nitrogens with one attached hydrogen (secondary N) is 1. The second-order valence-corrected chi connectivity index (χ2v) is 8.69. The number of hydrogen-bond donors (Lipinski definition) is 1. The first-order valence-corrected chi connectivity index (χ1v) is 10.5. The first-order valence-electron chi connectivity index (χ1n) is 10.5. The van der Waals surface area contributed by atoms with Crippen molar-refractivity contribution in [3.63, 3.8) is 0 Å². The molecule has 2 atom stereocenters. The Kier molecular flexibility index (Phi) is 5.54. The average molecular weight is 383 g/mol. The fourth-order valence-corrected chi connectivity index (χ4v) is 5.03. The number of anilines is 1. The predicted molar refractivity (Wildman–Crippen MR) is 109 cm³/mol. The highest BCUT2D eigenvalue weighted by molar-refractivity contribution is 5.92. The third-order valence-electron chi connectivity index (χ3n) is 6.53. The number of carbonyl (C=O) groups excluding carboxylic acids is 2. The summed E-state index contributed by atoms with van der Waals surface area (Å²) in [5, 5.41) is 3.00. The average Bonchev–Trinajstić information content (AvgIpc) is 2.98. The van der Waals surface area contributed by atoms with Gasteiger partial charge in [0, 0.05) is 11.6 Å². The number of amides is 1. The Bertz CT molecular complexity index is 750. The second-order valence-electron chi connectivity index (χ2n) is 8.69. The number of carbonyl (C=O) groups is 2. The minimum atomic E-state index is -0.436. The molecular formula is C23H30N2O3. The van der Waals surface area contributed by atoms with E-state index < -0.39 is 5.41 Å². The lowest BCUT2D eigenvalue weighted by Gasteiger charge is -2.24. The van der Waals surface area contributed by atoms with Gasteiger partial charge < -0.3 is 10.1 Å². The summed E-state index contributed by atoms with van der Waals surface area (Å²) in [4.78, 5) is 27.0. The monoisotopic (exact) mass is 382 g/mol. The molecule has 2 saturated heterocycles. The minimum Gasteiger partial charge on any atom is -0.465 e. The summed E-state index contributed by atoms with van der Waals surface area (Å²) in [7, 11) is 0. The molecule has 1 aromatic rings. The number of ether oxygens (including phenoxy) is 1. The van der Waals surface area contributed by atoms with E-state index in [-0.39, 0.29) is 17.8 Å². The molecule has 3 fully saturated rings. The van der Waals surface area contributed by atoms with Gasteiger partial charge in [0.25, 0.3) is 0 Å². The van der Waals surface area contributed by atoms with E-state index in [9.17, 15) is 9.59 Å². The zero-order valence-corrected chi connectivity index (χ0v) is 16.5. The van der Waals surface area contributed by atoms with Gasteiger partial charge in [-0.3, -0.25) is 14.5 Å². The Hall–Kier alpha value is -2.14. The number of rotatable bonds is 5. The van der Waals surface area contributed by atoms with Crippen molar-refractivity contribution in [2.24, 2.45) is 11.3 Å². The summed E-state index contributed by atoms with van der Waals surface area (Å²) in [5.41, 5.74) is 2.62. The van der Waals surface area contributed by atoms with Crippen LogP contribution in [-0.2, 0) is 20.7 Å². The van der Waals surface area contributed by atoms with Gasteiger partial charge in [0.2, 0.25) is 5.91 Å². The van der Waals surface area contributed by atoms with E-state index in [2.05, 4.69) is 16.8 Å². The van der Waals surface area contributed by atoms with Crippen molar-refractivity contribution in [1.29, 1.82) is 0 Å². The molecule has 0 radical (unpaired) electrons. The van der Waals surface area contributed by atoms with Gasteiger partial charge in [0.15, 0.2) is 0 Å². The molecule has 5 heteroatoms. The Labute approximate surface area is 167 Å². The maximum atomic E-state index is 12.4. The highest BCUT2D eigenvalue weighted by Crippen LogP contribution is 2.52. The SMILES string of the molecule is C=C1CC2COC(=O)C2(Cc2ccc(NC(=O)CN3CCCCCC3)cc2)C1. The van der Waals surface area contributed by atoms with Crippen LogP contribution in [0.3, 0.4) is 0 Å². The lowest BCUT2D eigenvalue weighted by atomic mass is 9.75. The molecule has 1 saturated carbocycles. The van der Waals surface area contributed by atoms with Crippen molar-refractivity contribution in [3.05, 3.63) is 42.0 Å². The molecule has 1 amide bonds. The van der Waals surface area contributed by atoms with Crippen LogP contribution in [0, 0.1) is 11.3 Å². The molecule has 0 bridgehead atoms. The van der Waals surface area contributed by atoms with Crippen molar-refractivity contribution < 1.29 is 14.3 Å². The van der Waals surface area contributed by atoms with Crippen LogP contribution in [0.25, 0.3) is 0 Å². The van der Waals surface area contributed by atoms with Crippen LogP contribution in [0.2, 0.25) is 0 Å². The van der Waals surface area contributed by atoms with Gasteiger partial charge in [-0.05, 0) is 62.9 Å². The van der Waals surface area contributed by atoms with E-state index in [1.54, 1.807) is 0 Å². The van der Waals surface area contributed by atoms with Gasteiger partial charge in [-0.15, -0.1) is 0 Å². The third kappa shape index (κ3) is 4.00. The summed E-state index contributed by atoms with van der Waals surface area (Å²) in [6.07, 6.45) is 7.18. The molecule has 1 aliphatic carbocycles. The Morgan fingerprint density at radius 3 is 2.61 bits per heavy atom. The summed E-state index contributed by atoms with van der Waals surface area (Å²) >= 11 is 0. The van der Waals surface area contributed by atoms with Crippen LogP contribution in [0.4, 0.5) is 5.69 Å². The first-order chi connectivity index (χ1) is 13.5. The van der Waals surface area contributed by atoms with Crippen molar-refractivity contribution in [2.75, 3.05) is 31.6 Å². The van der Waals surface area contributed by atoms with Gasteiger partial charge in [-0.1, -0.05) is 37.1 Å². The topological polar surface area (TPSA) is 58.6 Å². The van der Waals surface area contributed by atoms with Crippen molar-refractivity contribution in [2.45, 2.75) is 44.9 Å². The largest absolute Gasteiger partial charge is 0.465 e. The fraction of sp³-hybridized carbons (Fsp3) is 0.565. The molecule has 0 spiro atoms. The summed E-state index contributed by atoms with van der Waals surface area (Å²) in [5.74, 6) is 0.214. The lowest BCUT2D eigenvalue weighted by molar-refractivity contribution is -0.146. The molecule has 0 aromatic heterocycles. The maximum Gasteiger partial charge on any atom is 0.313 e. The summed E-state index contributed by atoms with van der Waals surface area (Å²) in [6, 6.07) is 7.90. The van der Waals surface area contributed by atoms with Crippen LogP contribution in [-0.4, -0.2) is 43.0 Å². The molecular weight excluding hydrogens is 352 g/mol. The van der Waals surface area contributed by atoms with E-state index in [0.717, 1.165) is 42.8 Å². The maximum absolute atomic E-state index is 12.4. The van der Waals surface area contributed by atoms with Gasteiger partial charge >= 0.3 is 5.97 Å². The van der Waals surface area contributed by atoms with Gasteiger partial charge in [0.1, 0.15) is 0 Å². The quantitative estimate of drug-likeness (QED) is 0.625. The number of fused-ring (bicyclic) bond motifs is 1. The second kappa shape index (κ2) is 8.08. The van der Waals surface area contributed by atoms with Crippen LogP contribution in [0.1, 0.15) is 44.1 Å². The Balaban J connectivity index is 1.35. The van der Waals surface area contributed by atoms with E-state index >= 15 is 0 Å². The van der Waals surface area contributed by atoms with Crippen molar-refractivity contribution in [1.82, 2.24) is 4.90 Å². The standard InChI is InChI=1S/C23H30N2O3/c1-17-12-19-16-28-22(27)23(19,13-17)14-18-6-8-20(9-7-18)24-21(26)15-25-10-4-2-3-5-11-25/h6-9,19H,1-5,10-16H2,(H,24,26). The number of allylic oxidation sites excluding steroid dienone is 1. The normalized spacial score (nSPS) is 27.9. The Morgan fingerprint density at radius 1 is 1.18 bits per heavy atom.